The Labute approximate surface area is 89.4 Å². The van der Waals surface area contributed by atoms with Crippen molar-refractivity contribution >= 4 is 11.6 Å². The predicted molar refractivity (Wildman–Crippen MR) is 59.8 cm³/mol. The van der Waals surface area contributed by atoms with E-state index in [9.17, 15) is 4.79 Å². The van der Waals surface area contributed by atoms with Crippen LogP contribution in [-0.2, 0) is 4.74 Å². The van der Waals surface area contributed by atoms with Gasteiger partial charge in [-0.25, -0.2) is 0 Å². The summed E-state index contributed by atoms with van der Waals surface area (Å²) in [5.74, 6) is -0.162. The summed E-state index contributed by atoms with van der Waals surface area (Å²) in [6.07, 6.45) is 0. The molecule has 1 aromatic rings. The maximum absolute atomic E-state index is 11.6. The average Bonchev–Trinajstić information content (AvgIpc) is 2.17. The molecule has 4 nitrogen and oxygen atoms in total. The van der Waals surface area contributed by atoms with Crippen molar-refractivity contribution in [3.8, 4) is 0 Å². The third-order valence-corrected chi connectivity index (χ3v) is 2.04. The number of methoxy groups -OCH3 is 1. The summed E-state index contributed by atoms with van der Waals surface area (Å²) in [5, 5.41) is 2.72. The molecule has 0 aliphatic carbocycles. The number of nitrogens with two attached hydrogens (primary N) is 1. The topological polar surface area (TPSA) is 64.3 Å². The number of hydrogen-bond acceptors (Lipinski definition) is 3. The largest absolute Gasteiger partial charge is 0.398 e. The molecule has 82 valence electrons. The third-order valence-electron chi connectivity index (χ3n) is 2.04. The quantitative estimate of drug-likeness (QED) is 0.572. The minimum atomic E-state index is -0.162. The minimum Gasteiger partial charge on any atom is -0.398 e. The molecular formula is C11H16N2O2. The van der Waals surface area contributed by atoms with Crippen molar-refractivity contribution in [1.82, 2.24) is 5.32 Å². The van der Waals surface area contributed by atoms with E-state index in [2.05, 4.69) is 5.32 Å². The van der Waals surface area contributed by atoms with E-state index in [1.165, 1.54) is 0 Å². The molecule has 0 atom stereocenters. The van der Waals surface area contributed by atoms with Gasteiger partial charge in [0.25, 0.3) is 5.91 Å². The van der Waals surface area contributed by atoms with Crippen LogP contribution >= 0.6 is 0 Å². The maximum Gasteiger partial charge on any atom is 0.253 e. The lowest BCUT2D eigenvalue weighted by Crippen LogP contribution is -2.27. The molecule has 0 radical (unpaired) electrons. The van der Waals surface area contributed by atoms with Gasteiger partial charge < -0.3 is 15.8 Å². The van der Waals surface area contributed by atoms with Gasteiger partial charge in [-0.15, -0.1) is 0 Å². The first-order valence-corrected chi connectivity index (χ1v) is 4.78. The van der Waals surface area contributed by atoms with Gasteiger partial charge >= 0.3 is 0 Å². The first kappa shape index (κ1) is 11.5. The molecule has 0 spiro atoms. The van der Waals surface area contributed by atoms with Crippen LogP contribution in [-0.4, -0.2) is 26.2 Å². The molecule has 0 saturated heterocycles. The number of nitrogen functional groups attached to an aromatic ring is 1. The molecule has 1 rings (SSSR count). The Kier molecular flexibility index (Phi) is 4.12. The van der Waals surface area contributed by atoms with Crippen LogP contribution in [0.3, 0.4) is 0 Å². The highest BCUT2D eigenvalue weighted by atomic mass is 16.5. The number of benzene rings is 1. The highest BCUT2D eigenvalue weighted by Gasteiger charge is 2.08. The first-order chi connectivity index (χ1) is 7.15. The highest BCUT2D eigenvalue weighted by Crippen LogP contribution is 2.13. The van der Waals surface area contributed by atoms with Crippen LogP contribution in [0.15, 0.2) is 18.2 Å². The molecule has 1 amide bonds. The Balaban J connectivity index is 2.65. The van der Waals surface area contributed by atoms with Gasteiger partial charge in [-0.1, -0.05) is 6.07 Å². The molecule has 0 aliphatic rings. The van der Waals surface area contributed by atoms with E-state index in [1.54, 1.807) is 19.2 Å². The lowest BCUT2D eigenvalue weighted by molar-refractivity contribution is 0.0938. The second-order valence-corrected chi connectivity index (χ2v) is 3.34. The van der Waals surface area contributed by atoms with Gasteiger partial charge in [0.1, 0.15) is 0 Å². The third kappa shape index (κ3) is 3.25. The van der Waals surface area contributed by atoms with E-state index in [0.29, 0.717) is 24.4 Å². The summed E-state index contributed by atoms with van der Waals surface area (Å²) < 4.78 is 4.83. The SMILES string of the molecule is COCCNC(=O)c1ccc(C)cc1N. The van der Waals surface area contributed by atoms with Crippen LogP contribution in [0.5, 0.6) is 0 Å². The Hall–Kier alpha value is -1.55. The van der Waals surface area contributed by atoms with Crippen molar-refractivity contribution in [2.24, 2.45) is 0 Å². The Morgan fingerprint density at radius 2 is 2.27 bits per heavy atom. The summed E-state index contributed by atoms with van der Waals surface area (Å²) in [5.41, 5.74) is 7.79. The number of anilines is 1. The summed E-state index contributed by atoms with van der Waals surface area (Å²) in [6.45, 7) is 2.92. The fraction of sp³-hybridized carbons (Fsp3) is 0.364. The molecule has 4 heteroatoms. The molecule has 0 heterocycles. The van der Waals surface area contributed by atoms with Crippen molar-refractivity contribution in [2.45, 2.75) is 6.92 Å². The monoisotopic (exact) mass is 208 g/mol. The van der Waals surface area contributed by atoms with E-state index < -0.39 is 0 Å². The number of ether oxygens (including phenoxy) is 1. The van der Waals surface area contributed by atoms with Crippen molar-refractivity contribution in [3.05, 3.63) is 29.3 Å². The fourth-order valence-electron chi connectivity index (χ4n) is 1.25. The summed E-state index contributed by atoms with van der Waals surface area (Å²) in [6, 6.07) is 5.37. The number of carbonyl (C=O) groups excluding carboxylic acids is 1. The minimum absolute atomic E-state index is 0.162. The van der Waals surface area contributed by atoms with Crippen LogP contribution in [0.4, 0.5) is 5.69 Å². The van der Waals surface area contributed by atoms with E-state index in [-0.39, 0.29) is 5.91 Å². The van der Waals surface area contributed by atoms with Crippen LogP contribution in [0.1, 0.15) is 15.9 Å². The molecule has 0 unspecified atom stereocenters. The zero-order chi connectivity index (χ0) is 11.3. The normalized spacial score (nSPS) is 10.0. The van der Waals surface area contributed by atoms with Gasteiger partial charge in [0.05, 0.1) is 12.2 Å². The van der Waals surface area contributed by atoms with Gasteiger partial charge in [0, 0.05) is 19.3 Å². The van der Waals surface area contributed by atoms with Gasteiger partial charge in [-0.2, -0.15) is 0 Å². The number of carbonyl (C=O) groups is 1. The summed E-state index contributed by atoms with van der Waals surface area (Å²) >= 11 is 0. The maximum atomic E-state index is 11.6. The standard InChI is InChI=1S/C11H16N2O2/c1-8-3-4-9(10(12)7-8)11(14)13-5-6-15-2/h3-4,7H,5-6,12H2,1-2H3,(H,13,14). The smallest absolute Gasteiger partial charge is 0.253 e. The van der Waals surface area contributed by atoms with Gasteiger partial charge in [0.15, 0.2) is 0 Å². The second-order valence-electron chi connectivity index (χ2n) is 3.34. The van der Waals surface area contributed by atoms with Gasteiger partial charge in [-0.05, 0) is 24.6 Å². The number of aryl methyl sites for hydroxylation is 1. The molecule has 0 fully saturated rings. The first-order valence-electron chi connectivity index (χ1n) is 4.78. The molecule has 1 aromatic carbocycles. The number of hydrogen-bond donors (Lipinski definition) is 2. The van der Waals surface area contributed by atoms with E-state index in [4.69, 9.17) is 10.5 Å². The van der Waals surface area contributed by atoms with Crippen molar-refractivity contribution in [1.29, 1.82) is 0 Å². The molecule has 0 bridgehead atoms. The molecular weight excluding hydrogens is 192 g/mol. The van der Waals surface area contributed by atoms with Gasteiger partial charge in [-0.3, -0.25) is 4.79 Å². The van der Waals surface area contributed by atoms with E-state index in [1.807, 2.05) is 13.0 Å². The Bertz CT molecular complexity index is 350. The fourth-order valence-corrected chi connectivity index (χ4v) is 1.25. The average molecular weight is 208 g/mol. The highest BCUT2D eigenvalue weighted by molar-refractivity contribution is 5.99. The van der Waals surface area contributed by atoms with Crippen molar-refractivity contribution in [2.75, 3.05) is 26.0 Å². The zero-order valence-corrected chi connectivity index (χ0v) is 9.04. The second kappa shape index (κ2) is 5.36. The lowest BCUT2D eigenvalue weighted by atomic mass is 10.1. The van der Waals surface area contributed by atoms with Gasteiger partial charge in [0.2, 0.25) is 0 Å². The van der Waals surface area contributed by atoms with Crippen LogP contribution in [0.2, 0.25) is 0 Å². The van der Waals surface area contributed by atoms with Crippen LogP contribution in [0.25, 0.3) is 0 Å². The van der Waals surface area contributed by atoms with Crippen molar-refractivity contribution in [3.63, 3.8) is 0 Å². The Morgan fingerprint density at radius 3 is 2.87 bits per heavy atom. The molecule has 0 aliphatic heterocycles. The molecule has 0 saturated carbocycles. The number of amides is 1. The number of nitrogens with one attached hydrogen (secondary N) is 1. The lowest BCUT2D eigenvalue weighted by Gasteiger charge is -2.07. The number of rotatable bonds is 4. The summed E-state index contributed by atoms with van der Waals surface area (Å²) in [7, 11) is 1.59. The Morgan fingerprint density at radius 1 is 1.53 bits per heavy atom. The zero-order valence-electron chi connectivity index (χ0n) is 9.04. The van der Waals surface area contributed by atoms with E-state index >= 15 is 0 Å². The summed E-state index contributed by atoms with van der Waals surface area (Å²) in [4.78, 5) is 11.6. The van der Waals surface area contributed by atoms with Crippen molar-refractivity contribution < 1.29 is 9.53 Å². The van der Waals surface area contributed by atoms with Crippen LogP contribution in [0, 0.1) is 6.92 Å². The molecule has 15 heavy (non-hydrogen) atoms. The van der Waals surface area contributed by atoms with Crippen LogP contribution < -0.4 is 11.1 Å². The molecule has 0 aromatic heterocycles. The molecule has 3 N–H and O–H groups in total. The van der Waals surface area contributed by atoms with E-state index in [0.717, 1.165) is 5.56 Å². The predicted octanol–water partition coefficient (Wildman–Crippen LogP) is 0.953.